The number of nitrogens with zero attached hydrogens (tertiary/aromatic N) is 4. The Morgan fingerprint density at radius 2 is 2.04 bits per heavy atom. The second-order valence-corrected chi connectivity index (χ2v) is 8.91. The molecular weight excluding hydrogens is 338 g/mol. The summed E-state index contributed by atoms with van der Waals surface area (Å²) in [6.45, 7) is 7.70. The minimum absolute atomic E-state index is 0.146. The highest BCUT2D eigenvalue weighted by molar-refractivity contribution is 5.76. The molecule has 2 aliphatic rings. The van der Waals surface area contributed by atoms with Crippen LogP contribution in [0, 0.1) is 16.7 Å². The third kappa shape index (κ3) is 3.15. The van der Waals surface area contributed by atoms with Crippen molar-refractivity contribution < 1.29 is 4.79 Å². The van der Waals surface area contributed by atoms with Crippen LogP contribution in [0.15, 0.2) is 30.3 Å². The fraction of sp³-hybridized carbons (Fsp3) is 0.619. The van der Waals surface area contributed by atoms with Crippen molar-refractivity contribution in [2.24, 2.45) is 16.7 Å². The number of fused-ring (bicyclic) bond motifs is 2. The predicted molar refractivity (Wildman–Crippen MR) is 104 cm³/mol. The van der Waals surface area contributed by atoms with Crippen molar-refractivity contribution in [1.29, 1.82) is 0 Å². The molecule has 1 heterocycles. The van der Waals surface area contributed by atoms with Gasteiger partial charge in [-0.3, -0.25) is 4.79 Å². The van der Waals surface area contributed by atoms with Gasteiger partial charge in [0, 0.05) is 18.0 Å². The summed E-state index contributed by atoms with van der Waals surface area (Å²) in [6.07, 6.45) is 4.87. The molecule has 1 aromatic heterocycles. The Hall–Kier alpha value is -2.24. The minimum Gasteiger partial charge on any atom is -0.353 e. The SMILES string of the molecule is CC1(C)C2CCC1(C)C(NC(=O)CCCn1nnc(-c3ccccc3)n1)C2. The molecule has 0 saturated heterocycles. The molecule has 0 spiro atoms. The summed E-state index contributed by atoms with van der Waals surface area (Å²) >= 11 is 0. The second-order valence-electron chi connectivity index (χ2n) is 8.91. The minimum atomic E-state index is 0.146. The highest BCUT2D eigenvalue weighted by Gasteiger charge is 2.61. The zero-order valence-electron chi connectivity index (χ0n) is 16.5. The molecule has 0 aliphatic heterocycles. The van der Waals surface area contributed by atoms with Gasteiger partial charge >= 0.3 is 0 Å². The number of carbonyl (C=O) groups is 1. The van der Waals surface area contributed by atoms with E-state index in [0.29, 0.717) is 36.7 Å². The maximum Gasteiger partial charge on any atom is 0.220 e. The molecular formula is C21H29N5O. The van der Waals surface area contributed by atoms with Gasteiger partial charge in [0.05, 0.1) is 6.54 Å². The zero-order valence-corrected chi connectivity index (χ0v) is 16.5. The lowest BCUT2D eigenvalue weighted by molar-refractivity contribution is -0.123. The number of carbonyl (C=O) groups excluding carboxylic acids is 1. The fourth-order valence-electron chi connectivity index (χ4n) is 5.11. The lowest BCUT2D eigenvalue weighted by Crippen LogP contribution is -2.46. The van der Waals surface area contributed by atoms with Gasteiger partial charge < -0.3 is 5.32 Å². The summed E-state index contributed by atoms with van der Waals surface area (Å²) in [6, 6.07) is 10.1. The normalized spacial score (nSPS) is 28.4. The number of nitrogens with one attached hydrogen (secondary N) is 1. The zero-order chi connectivity index (χ0) is 19.1. The molecule has 2 saturated carbocycles. The van der Waals surface area contributed by atoms with Gasteiger partial charge in [0.15, 0.2) is 0 Å². The summed E-state index contributed by atoms with van der Waals surface area (Å²) in [7, 11) is 0. The van der Waals surface area contributed by atoms with E-state index in [0.717, 1.165) is 17.9 Å². The molecule has 1 aromatic carbocycles. The highest BCUT2D eigenvalue weighted by atomic mass is 16.1. The third-order valence-electron chi connectivity index (χ3n) is 7.38. The number of amides is 1. The maximum atomic E-state index is 12.5. The molecule has 2 fully saturated rings. The van der Waals surface area contributed by atoms with Gasteiger partial charge in [-0.2, -0.15) is 4.80 Å². The fourth-order valence-corrected chi connectivity index (χ4v) is 5.11. The Kier molecular flexibility index (Phi) is 4.52. The Morgan fingerprint density at radius 3 is 2.70 bits per heavy atom. The van der Waals surface area contributed by atoms with Crippen molar-refractivity contribution in [1.82, 2.24) is 25.5 Å². The van der Waals surface area contributed by atoms with Crippen LogP contribution >= 0.6 is 0 Å². The van der Waals surface area contributed by atoms with Crippen LogP contribution in [0.3, 0.4) is 0 Å². The van der Waals surface area contributed by atoms with E-state index in [-0.39, 0.29) is 11.3 Å². The van der Waals surface area contributed by atoms with Crippen molar-refractivity contribution in [3.05, 3.63) is 30.3 Å². The Bertz CT molecular complexity index is 815. The Balaban J connectivity index is 1.27. The summed E-state index contributed by atoms with van der Waals surface area (Å²) in [5.74, 6) is 1.51. The van der Waals surface area contributed by atoms with E-state index in [1.165, 1.54) is 12.8 Å². The second kappa shape index (κ2) is 6.73. The molecule has 4 rings (SSSR count). The number of aryl methyl sites for hydroxylation is 1. The van der Waals surface area contributed by atoms with Crippen LogP contribution in [-0.4, -0.2) is 32.2 Å². The molecule has 3 atom stereocenters. The van der Waals surface area contributed by atoms with Crippen LogP contribution < -0.4 is 5.32 Å². The summed E-state index contributed by atoms with van der Waals surface area (Å²) in [4.78, 5) is 14.0. The van der Waals surface area contributed by atoms with Gasteiger partial charge in [-0.05, 0) is 47.6 Å². The number of benzene rings is 1. The van der Waals surface area contributed by atoms with Crippen molar-refractivity contribution in [2.45, 2.75) is 65.5 Å². The Labute approximate surface area is 160 Å². The molecule has 3 unspecified atom stereocenters. The summed E-state index contributed by atoms with van der Waals surface area (Å²) in [5.41, 5.74) is 1.50. The van der Waals surface area contributed by atoms with E-state index in [2.05, 4.69) is 41.5 Å². The Morgan fingerprint density at radius 1 is 1.26 bits per heavy atom. The van der Waals surface area contributed by atoms with Crippen LogP contribution in [0.2, 0.25) is 0 Å². The summed E-state index contributed by atoms with van der Waals surface area (Å²) in [5, 5.41) is 15.9. The largest absolute Gasteiger partial charge is 0.353 e. The van der Waals surface area contributed by atoms with Crippen molar-refractivity contribution >= 4 is 5.91 Å². The standard InChI is InChI=1S/C21H29N5O/c1-20(2)16-11-12-21(20,3)17(14-16)22-18(27)10-7-13-26-24-19(23-25-26)15-8-5-4-6-9-15/h4-6,8-9,16-17H,7,10-14H2,1-3H3,(H,22,27). The van der Waals surface area contributed by atoms with Crippen LogP contribution in [0.5, 0.6) is 0 Å². The van der Waals surface area contributed by atoms with E-state index in [1.807, 2.05) is 30.3 Å². The number of hydrogen-bond donors (Lipinski definition) is 1. The van der Waals surface area contributed by atoms with E-state index in [1.54, 1.807) is 4.80 Å². The lowest BCUT2D eigenvalue weighted by Gasteiger charge is -2.39. The average molecular weight is 367 g/mol. The molecule has 2 bridgehead atoms. The molecule has 2 aromatic rings. The maximum absolute atomic E-state index is 12.5. The monoisotopic (exact) mass is 367 g/mol. The molecule has 1 N–H and O–H groups in total. The van der Waals surface area contributed by atoms with Crippen LogP contribution in [0.4, 0.5) is 0 Å². The van der Waals surface area contributed by atoms with Crippen molar-refractivity contribution in [3.63, 3.8) is 0 Å². The first-order valence-corrected chi connectivity index (χ1v) is 10.0. The van der Waals surface area contributed by atoms with Crippen LogP contribution in [0.1, 0.15) is 52.9 Å². The van der Waals surface area contributed by atoms with Gasteiger partial charge in [-0.1, -0.05) is 51.1 Å². The number of tetrazole rings is 1. The van der Waals surface area contributed by atoms with Gasteiger partial charge in [0.25, 0.3) is 0 Å². The molecule has 6 heteroatoms. The van der Waals surface area contributed by atoms with E-state index >= 15 is 0 Å². The molecule has 27 heavy (non-hydrogen) atoms. The molecule has 6 nitrogen and oxygen atoms in total. The first kappa shape index (κ1) is 18.1. The van der Waals surface area contributed by atoms with Crippen molar-refractivity contribution in [3.8, 4) is 11.4 Å². The van der Waals surface area contributed by atoms with Crippen LogP contribution in [-0.2, 0) is 11.3 Å². The van der Waals surface area contributed by atoms with Gasteiger partial charge in [-0.15, -0.1) is 10.2 Å². The summed E-state index contributed by atoms with van der Waals surface area (Å²) < 4.78 is 0. The van der Waals surface area contributed by atoms with Gasteiger partial charge in [0.1, 0.15) is 0 Å². The number of aromatic nitrogens is 4. The topological polar surface area (TPSA) is 72.7 Å². The molecule has 144 valence electrons. The first-order valence-electron chi connectivity index (χ1n) is 10.0. The first-order chi connectivity index (χ1) is 12.9. The number of hydrogen-bond acceptors (Lipinski definition) is 4. The van der Waals surface area contributed by atoms with Crippen molar-refractivity contribution in [2.75, 3.05) is 0 Å². The van der Waals surface area contributed by atoms with E-state index in [4.69, 9.17) is 0 Å². The average Bonchev–Trinajstić information content (AvgIpc) is 3.25. The van der Waals surface area contributed by atoms with Gasteiger partial charge in [0.2, 0.25) is 11.7 Å². The lowest BCUT2D eigenvalue weighted by atomic mass is 9.69. The predicted octanol–water partition coefficient (Wildman–Crippen LogP) is 3.45. The third-order valence-corrected chi connectivity index (χ3v) is 7.38. The quantitative estimate of drug-likeness (QED) is 0.849. The van der Waals surface area contributed by atoms with Gasteiger partial charge in [-0.25, -0.2) is 0 Å². The number of rotatable bonds is 6. The van der Waals surface area contributed by atoms with Crippen LogP contribution in [0.25, 0.3) is 11.4 Å². The van der Waals surface area contributed by atoms with E-state index < -0.39 is 0 Å². The highest BCUT2D eigenvalue weighted by Crippen LogP contribution is 2.65. The molecule has 0 radical (unpaired) electrons. The molecule has 2 aliphatic carbocycles. The smallest absolute Gasteiger partial charge is 0.220 e. The van der Waals surface area contributed by atoms with E-state index in [9.17, 15) is 4.79 Å². The molecule has 1 amide bonds.